The molecule has 0 bridgehead atoms. The first-order valence-corrected chi connectivity index (χ1v) is 8.62. The summed E-state index contributed by atoms with van der Waals surface area (Å²) in [5, 5.41) is 4.49. The summed E-state index contributed by atoms with van der Waals surface area (Å²) in [6, 6.07) is 6.03. The van der Waals surface area contributed by atoms with E-state index in [-0.39, 0.29) is 5.91 Å². The number of hydrogen-bond acceptors (Lipinski definition) is 3. The lowest BCUT2D eigenvalue weighted by molar-refractivity contribution is 0.0729. The minimum atomic E-state index is 0.0458. The first-order valence-electron chi connectivity index (χ1n) is 8.62. The molecule has 1 aromatic heterocycles. The molecule has 2 aromatic rings. The Morgan fingerprint density at radius 2 is 1.74 bits per heavy atom. The maximum Gasteiger partial charge on any atom is 0.289 e. The Balaban J connectivity index is 1.56. The fraction of sp³-hybridized carbons (Fsp3) is 0.526. The van der Waals surface area contributed by atoms with Crippen molar-refractivity contribution >= 4 is 16.9 Å². The Hall–Kier alpha value is -1.81. The summed E-state index contributed by atoms with van der Waals surface area (Å²) in [5.74, 6) is 1.99. The first-order chi connectivity index (χ1) is 11.1. The van der Waals surface area contributed by atoms with E-state index in [2.05, 4.69) is 25.2 Å². The first kappa shape index (κ1) is 14.8. The molecule has 4 heteroatoms. The zero-order valence-electron chi connectivity index (χ0n) is 13.9. The molecule has 4 rings (SSSR count). The van der Waals surface area contributed by atoms with E-state index >= 15 is 0 Å². The Labute approximate surface area is 136 Å². The Kier molecular flexibility index (Phi) is 3.64. The monoisotopic (exact) mass is 312 g/mol. The van der Waals surface area contributed by atoms with Gasteiger partial charge in [0.25, 0.3) is 5.91 Å². The quantitative estimate of drug-likeness (QED) is 0.880. The van der Waals surface area contributed by atoms with Crippen LogP contribution in [0.1, 0.15) is 34.5 Å². The highest BCUT2D eigenvalue weighted by Gasteiger charge is 2.32. The number of rotatable bonds is 1. The normalized spacial score (nSPS) is 24.7. The lowest BCUT2D eigenvalue weighted by atomic mass is 9.92. The maximum absolute atomic E-state index is 12.8. The van der Waals surface area contributed by atoms with Crippen LogP contribution in [0.15, 0.2) is 22.6 Å². The fourth-order valence-corrected chi connectivity index (χ4v) is 3.98. The molecule has 0 spiro atoms. The van der Waals surface area contributed by atoms with Crippen LogP contribution in [-0.2, 0) is 0 Å². The molecule has 1 amide bonds. The molecule has 0 radical (unpaired) electrons. The average molecular weight is 312 g/mol. The molecule has 0 unspecified atom stereocenters. The second-order valence-electron chi connectivity index (χ2n) is 7.13. The second-order valence-corrected chi connectivity index (χ2v) is 7.13. The van der Waals surface area contributed by atoms with Crippen molar-refractivity contribution in [2.75, 3.05) is 26.2 Å². The smallest absolute Gasteiger partial charge is 0.289 e. The number of hydrogen-bond donors (Lipinski definition) is 1. The van der Waals surface area contributed by atoms with E-state index < -0.39 is 0 Å². The number of amides is 1. The molecule has 2 fully saturated rings. The number of likely N-dealkylation sites (tertiary alicyclic amines) is 1. The third kappa shape index (κ3) is 2.65. The molecule has 2 aliphatic heterocycles. The zero-order chi connectivity index (χ0) is 16.0. The van der Waals surface area contributed by atoms with Crippen molar-refractivity contribution in [1.29, 1.82) is 0 Å². The maximum atomic E-state index is 12.8. The Morgan fingerprint density at radius 3 is 2.43 bits per heavy atom. The van der Waals surface area contributed by atoms with E-state index in [1.165, 1.54) is 11.1 Å². The molecule has 2 atom stereocenters. The molecular formula is C19H24N2O2. The van der Waals surface area contributed by atoms with Gasteiger partial charge < -0.3 is 14.6 Å². The Bertz CT molecular complexity index is 696. The van der Waals surface area contributed by atoms with Gasteiger partial charge in [0.15, 0.2) is 5.76 Å². The van der Waals surface area contributed by atoms with E-state index in [4.69, 9.17) is 4.42 Å². The number of furan rings is 1. The number of nitrogens with zero attached hydrogens (tertiary/aromatic N) is 1. The highest BCUT2D eigenvalue weighted by molar-refractivity contribution is 5.96. The molecule has 4 nitrogen and oxygen atoms in total. The van der Waals surface area contributed by atoms with Gasteiger partial charge in [0.2, 0.25) is 0 Å². The van der Waals surface area contributed by atoms with Crippen LogP contribution in [0.5, 0.6) is 0 Å². The number of aryl methyl sites for hydroxylation is 2. The minimum absolute atomic E-state index is 0.0458. The third-order valence-electron chi connectivity index (χ3n) is 5.65. The van der Waals surface area contributed by atoms with Crippen LogP contribution in [0, 0.1) is 25.7 Å². The predicted octanol–water partition coefficient (Wildman–Crippen LogP) is 3.12. The van der Waals surface area contributed by atoms with Crippen LogP contribution in [0.3, 0.4) is 0 Å². The fourth-order valence-electron chi connectivity index (χ4n) is 3.98. The van der Waals surface area contributed by atoms with Gasteiger partial charge in [0, 0.05) is 18.5 Å². The van der Waals surface area contributed by atoms with Gasteiger partial charge in [0.05, 0.1) is 0 Å². The molecule has 0 saturated carbocycles. The molecular weight excluding hydrogens is 288 g/mol. The standard InChI is InChI=1S/C19H24N2O2/c1-12-7-16-9-18(23-17(16)8-13(12)2)19(22)21-5-3-14-10-20-11-15(14)4-6-21/h7-9,14-15,20H,3-6,10-11H2,1-2H3/t14-,15+. The van der Waals surface area contributed by atoms with Gasteiger partial charge >= 0.3 is 0 Å². The van der Waals surface area contributed by atoms with Crippen molar-refractivity contribution in [1.82, 2.24) is 10.2 Å². The van der Waals surface area contributed by atoms with Crippen LogP contribution in [0.2, 0.25) is 0 Å². The van der Waals surface area contributed by atoms with Crippen LogP contribution in [0.4, 0.5) is 0 Å². The summed E-state index contributed by atoms with van der Waals surface area (Å²) in [4.78, 5) is 14.8. The van der Waals surface area contributed by atoms with Crippen molar-refractivity contribution in [2.24, 2.45) is 11.8 Å². The summed E-state index contributed by atoms with van der Waals surface area (Å²) in [5.41, 5.74) is 3.24. The van der Waals surface area contributed by atoms with Crippen molar-refractivity contribution in [3.63, 3.8) is 0 Å². The van der Waals surface area contributed by atoms with Crippen LogP contribution < -0.4 is 5.32 Å². The largest absolute Gasteiger partial charge is 0.451 e. The predicted molar refractivity (Wildman–Crippen MR) is 90.7 cm³/mol. The number of carbonyl (C=O) groups is 1. The molecule has 0 aliphatic carbocycles. The lowest BCUT2D eigenvalue weighted by Gasteiger charge is -2.19. The average Bonchev–Trinajstić information content (AvgIpc) is 3.09. The molecule has 1 N–H and O–H groups in total. The van der Waals surface area contributed by atoms with Crippen molar-refractivity contribution in [3.8, 4) is 0 Å². The minimum Gasteiger partial charge on any atom is -0.451 e. The summed E-state index contributed by atoms with van der Waals surface area (Å²) in [7, 11) is 0. The van der Waals surface area contributed by atoms with Crippen LogP contribution in [-0.4, -0.2) is 37.0 Å². The highest BCUT2D eigenvalue weighted by atomic mass is 16.3. The van der Waals surface area contributed by atoms with E-state index in [9.17, 15) is 4.79 Å². The van der Waals surface area contributed by atoms with E-state index in [0.29, 0.717) is 5.76 Å². The van der Waals surface area contributed by atoms with Gasteiger partial charge in [-0.05, 0) is 80.9 Å². The topological polar surface area (TPSA) is 45.5 Å². The molecule has 3 heterocycles. The number of nitrogens with one attached hydrogen (secondary N) is 1. The molecule has 23 heavy (non-hydrogen) atoms. The molecule has 2 aliphatic rings. The molecule has 2 saturated heterocycles. The van der Waals surface area contributed by atoms with E-state index in [0.717, 1.165) is 61.8 Å². The van der Waals surface area contributed by atoms with Crippen molar-refractivity contribution < 1.29 is 9.21 Å². The molecule has 1 aromatic carbocycles. The molecule has 122 valence electrons. The van der Waals surface area contributed by atoms with Gasteiger partial charge in [-0.2, -0.15) is 0 Å². The highest BCUT2D eigenvalue weighted by Crippen LogP contribution is 2.29. The van der Waals surface area contributed by atoms with Crippen molar-refractivity contribution in [2.45, 2.75) is 26.7 Å². The summed E-state index contributed by atoms with van der Waals surface area (Å²) in [6.45, 7) is 8.06. The van der Waals surface area contributed by atoms with Crippen molar-refractivity contribution in [3.05, 3.63) is 35.1 Å². The number of benzene rings is 1. The second kappa shape index (κ2) is 5.68. The van der Waals surface area contributed by atoms with Gasteiger partial charge in [-0.3, -0.25) is 4.79 Å². The van der Waals surface area contributed by atoms with E-state index in [1.54, 1.807) is 0 Å². The Morgan fingerprint density at radius 1 is 1.09 bits per heavy atom. The number of carbonyl (C=O) groups excluding carboxylic acids is 1. The van der Waals surface area contributed by atoms with Crippen LogP contribution >= 0.6 is 0 Å². The van der Waals surface area contributed by atoms with Gasteiger partial charge in [-0.25, -0.2) is 0 Å². The van der Waals surface area contributed by atoms with Crippen LogP contribution in [0.25, 0.3) is 11.0 Å². The van der Waals surface area contributed by atoms with Gasteiger partial charge in [-0.1, -0.05) is 0 Å². The summed E-state index contributed by atoms with van der Waals surface area (Å²) >= 11 is 0. The SMILES string of the molecule is Cc1cc2cc(C(=O)N3CC[C@@H]4CNC[C@@H]4CC3)oc2cc1C. The lowest BCUT2D eigenvalue weighted by Crippen LogP contribution is -2.32. The third-order valence-corrected chi connectivity index (χ3v) is 5.65. The summed E-state index contributed by atoms with van der Waals surface area (Å²) in [6.07, 6.45) is 2.20. The summed E-state index contributed by atoms with van der Waals surface area (Å²) < 4.78 is 5.85. The van der Waals surface area contributed by atoms with Gasteiger partial charge in [0.1, 0.15) is 5.58 Å². The van der Waals surface area contributed by atoms with Gasteiger partial charge in [-0.15, -0.1) is 0 Å². The number of fused-ring (bicyclic) bond motifs is 2. The van der Waals surface area contributed by atoms with E-state index in [1.807, 2.05) is 17.0 Å². The zero-order valence-corrected chi connectivity index (χ0v) is 13.9.